The van der Waals surface area contributed by atoms with Crippen LogP contribution in [-0.2, 0) is 4.74 Å². The van der Waals surface area contributed by atoms with E-state index in [4.69, 9.17) is 10.5 Å². The molecule has 1 aromatic carbocycles. The molecule has 1 saturated carbocycles. The Hall–Kier alpha value is -3.61. The monoisotopic (exact) mass is 454 g/mol. The van der Waals surface area contributed by atoms with Crippen LogP contribution in [0.5, 0.6) is 0 Å². The Kier molecular flexibility index (Phi) is 6.77. The maximum atomic E-state index is 13.2. The van der Waals surface area contributed by atoms with E-state index < -0.39 is 5.91 Å². The molecule has 9 nitrogen and oxygen atoms in total. The number of rotatable bonds is 7. The molecule has 10 heteroatoms. The number of halogens is 1. The second-order valence-electron chi connectivity index (χ2n) is 8.56. The van der Waals surface area contributed by atoms with Crippen LogP contribution in [0.25, 0.3) is 0 Å². The summed E-state index contributed by atoms with van der Waals surface area (Å²) in [4.78, 5) is 26.1. The third kappa shape index (κ3) is 5.25. The van der Waals surface area contributed by atoms with Gasteiger partial charge in [0, 0.05) is 25.0 Å². The molecular formula is C23H27FN6O3. The first-order chi connectivity index (χ1) is 15.9. The van der Waals surface area contributed by atoms with Gasteiger partial charge < -0.3 is 20.7 Å². The van der Waals surface area contributed by atoms with Crippen molar-refractivity contribution >= 4 is 23.5 Å². The number of likely N-dealkylation sites (tertiary alicyclic amines) is 1. The summed E-state index contributed by atoms with van der Waals surface area (Å²) < 4.78 is 20.3. The fourth-order valence-corrected chi connectivity index (χ4v) is 4.25. The predicted molar refractivity (Wildman–Crippen MR) is 118 cm³/mol. The molecule has 174 valence electrons. The van der Waals surface area contributed by atoms with Crippen molar-refractivity contribution in [1.82, 2.24) is 14.7 Å². The third-order valence-corrected chi connectivity index (χ3v) is 6.41. The van der Waals surface area contributed by atoms with E-state index in [1.54, 1.807) is 15.8 Å². The van der Waals surface area contributed by atoms with Crippen LogP contribution in [0.4, 0.5) is 20.7 Å². The fraction of sp³-hybridized carbons (Fsp3) is 0.478. The molecule has 0 radical (unpaired) electrons. The lowest BCUT2D eigenvalue weighted by Gasteiger charge is -2.36. The zero-order valence-electron chi connectivity index (χ0n) is 18.2. The highest BCUT2D eigenvalue weighted by Crippen LogP contribution is 2.33. The van der Waals surface area contributed by atoms with Gasteiger partial charge in [0.25, 0.3) is 5.91 Å². The van der Waals surface area contributed by atoms with Gasteiger partial charge in [-0.25, -0.2) is 9.18 Å². The first-order valence-electron chi connectivity index (χ1n) is 11.2. The van der Waals surface area contributed by atoms with Crippen molar-refractivity contribution in [2.45, 2.75) is 50.7 Å². The van der Waals surface area contributed by atoms with E-state index >= 15 is 0 Å². The van der Waals surface area contributed by atoms with Crippen molar-refractivity contribution in [3.05, 3.63) is 41.8 Å². The van der Waals surface area contributed by atoms with Gasteiger partial charge in [0.15, 0.2) is 5.82 Å². The normalized spacial score (nSPS) is 17.6. The number of anilines is 2. The lowest BCUT2D eigenvalue weighted by Crippen LogP contribution is -2.42. The second-order valence-corrected chi connectivity index (χ2v) is 8.56. The van der Waals surface area contributed by atoms with E-state index in [9.17, 15) is 19.2 Å². The van der Waals surface area contributed by atoms with E-state index in [2.05, 4.69) is 16.5 Å². The summed E-state index contributed by atoms with van der Waals surface area (Å²) in [5.41, 5.74) is 6.29. The number of hydrogen-bond donors (Lipinski definition) is 2. The molecule has 33 heavy (non-hydrogen) atoms. The van der Waals surface area contributed by atoms with E-state index in [0.29, 0.717) is 31.6 Å². The number of aromatic nitrogens is 2. The van der Waals surface area contributed by atoms with Crippen molar-refractivity contribution < 1.29 is 18.7 Å². The van der Waals surface area contributed by atoms with Crippen LogP contribution < -0.4 is 11.1 Å². The standard InChI is InChI=1S/C23H27FN6O3/c24-16-4-6-17(7-5-16)27-22-19(21(26)31)14-30(28-22)20(8-11-25)15-9-12-29(13-10-15)23(32)33-18-2-1-3-18/h4-7,14-15,18,20H,1-3,8-10,12-13H2,(H2,26,31)(H,27,28). The Morgan fingerprint density at radius 2 is 1.94 bits per heavy atom. The average Bonchev–Trinajstić information content (AvgIpc) is 3.20. The average molecular weight is 455 g/mol. The molecule has 2 amide bonds. The summed E-state index contributed by atoms with van der Waals surface area (Å²) in [7, 11) is 0. The molecule has 3 N–H and O–H groups in total. The van der Waals surface area contributed by atoms with Crippen LogP contribution in [0.1, 0.15) is 54.9 Å². The van der Waals surface area contributed by atoms with Crippen LogP contribution in [0.3, 0.4) is 0 Å². The summed E-state index contributed by atoms with van der Waals surface area (Å²) in [6.45, 7) is 1.09. The SMILES string of the molecule is N#CCC(C1CCN(C(=O)OC2CCC2)CC1)n1cc(C(N)=O)c(Nc2ccc(F)cc2)n1. The maximum Gasteiger partial charge on any atom is 0.410 e. The summed E-state index contributed by atoms with van der Waals surface area (Å²) >= 11 is 0. The summed E-state index contributed by atoms with van der Waals surface area (Å²) in [5.74, 6) is -0.691. The Balaban J connectivity index is 1.47. The molecule has 1 saturated heterocycles. The first kappa shape index (κ1) is 22.6. The van der Waals surface area contributed by atoms with Gasteiger partial charge >= 0.3 is 6.09 Å². The van der Waals surface area contributed by atoms with Gasteiger partial charge in [0.1, 0.15) is 17.5 Å². The number of benzene rings is 1. The molecule has 1 aliphatic carbocycles. The number of primary amides is 1. The molecule has 0 spiro atoms. The van der Waals surface area contributed by atoms with Crippen molar-refractivity contribution in [3.8, 4) is 6.07 Å². The van der Waals surface area contributed by atoms with Gasteiger partial charge in [-0.3, -0.25) is 9.48 Å². The summed E-state index contributed by atoms with van der Waals surface area (Å²) in [6.07, 6.45) is 5.88. The van der Waals surface area contributed by atoms with Gasteiger partial charge in [-0.15, -0.1) is 0 Å². The second kappa shape index (κ2) is 9.90. The summed E-state index contributed by atoms with van der Waals surface area (Å²) in [5, 5.41) is 16.9. The highest BCUT2D eigenvalue weighted by molar-refractivity contribution is 5.98. The zero-order valence-corrected chi connectivity index (χ0v) is 18.2. The number of nitriles is 1. The molecular weight excluding hydrogens is 427 g/mol. The van der Waals surface area contributed by atoms with E-state index in [-0.39, 0.29) is 47.8 Å². The van der Waals surface area contributed by atoms with Crippen LogP contribution in [-0.4, -0.2) is 45.9 Å². The molecule has 1 aliphatic heterocycles. The number of piperidine rings is 1. The highest BCUT2D eigenvalue weighted by Gasteiger charge is 2.33. The van der Waals surface area contributed by atoms with Gasteiger partial charge in [-0.2, -0.15) is 10.4 Å². The van der Waals surface area contributed by atoms with Gasteiger partial charge in [-0.05, 0) is 62.3 Å². The number of ether oxygens (including phenoxy) is 1. The smallest absolute Gasteiger partial charge is 0.410 e. The molecule has 2 heterocycles. The first-order valence-corrected chi connectivity index (χ1v) is 11.2. The number of carbonyl (C=O) groups is 2. The molecule has 2 aromatic rings. The van der Waals surface area contributed by atoms with Crippen molar-refractivity contribution in [3.63, 3.8) is 0 Å². The van der Waals surface area contributed by atoms with Crippen LogP contribution in [0, 0.1) is 23.1 Å². The minimum Gasteiger partial charge on any atom is -0.446 e. The maximum absolute atomic E-state index is 13.2. The third-order valence-electron chi connectivity index (χ3n) is 6.41. The van der Waals surface area contributed by atoms with Gasteiger partial charge in [0.2, 0.25) is 0 Å². The quantitative estimate of drug-likeness (QED) is 0.657. The predicted octanol–water partition coefficient (Wildman–Crippen LogP) is 3.72. The lowest BCUT2D eigenvalue weighted by molar-refractivity contribution is 0.0182. The van der Waals surface area contributed by atoms with Gasteiger partial charge in [0.05, 0.1) is 18.5 Å². The molecule has 1 aromatic heterocycles. The molecule has 2 aliphatic rings. The van der Waals surface area contributed by atoms with Gasteiger partial charge in [-0.1, -0.05) is 0 Å². The number of hydrogen-bond acceptors (Lipinski definition) is 6. The molecule has 1 atom stereocenters. The van der Waals surface area contributed by atoms with Crippen LogP contribution >= 0.6 is 0 Å². The lowest BCUT2D eigenvalue weighted by atomic mass is 9.88. The molecule has 1 unspecified atom stereocenters. The number of nitrogens with zero attached hydrogens (tertiary/aromatic N) is 4. The molecule has 2 fully saturated rings. The number of carbonyl (C=O) groups excluding carboxylic acids is 2. The number of nitrogens with one attached hydrogen (secondary N) is 1. The fourth-order valence-electron chi connectivity index (χ4n) is 4.25. The van der Waals surface area contributed by atoms with E-state index in [1.165, 1.54) is 24.3 Å². The van der Waals surface area contributed by atoms with Crippen LogP contribution in [0.15, 0.2) is 30.5 Å². The van der Waals surface area contributed by atoms with Crippen molar-refractivity contribution in [2.75, 3.05) is 18.4 Å². The minimum absolute atomic E-state index is 0.0462. The topological polar surface area (TPSA) is 126 Å². The van der Waals surface area contributed by atoms with Crippen LogP contribution in [0.2, 0.25) is 0 Å². The Morgan fingerprint density at radius 1 is 1.24 bits per heavy atom. The largest absolute Gasteiger partial charge is 0.446 e. The van der Waals surface area contributed by atoms with E-state index in [1.807, 2.05) is 0 Å². The van der Waals surface area contributed by atoms with Crippen molar-refractivity contribution in [2.24, 2.45) is 11.7 Å². The minimum atomic E-state index is -0.657. The highest BCUT2D eigenvalue weighted by atomic mass is 19.1. The number of nitrogens with two attached hydrogens (primary N) is 1. The Labute approximate surface area is 191 Å². The van der Waals surface area contributed by atoms with Crippen molar-refractivity contribution in [1.29, 1.82) is 5.26 Å². The zero-order chi connectivity index (χ0) is 23.4. The summed E-state index contributed by atoms with van der Waals surface area (Å²) in [6, 6.07) is 7.59. The number of amides is 2. The van der Waals surface area contributed by atoms with E-state index in [0.717, 1.165) is 19.3 Å². The molecule has 4 rings (SSSR count). The molecule has 0 bridgehead atoms. The Bertz CT molecular complexity index is 1040. The Morgan fingerprint density at radius 3 is 2.52 bits per heavy atom.